The second-order valence-corrected chi connectivity index (χ2v) is 7.82. The zero-order chi connectivity index (χ0) is 19.6. The lowest BCUT2D eigenvalue weighted by Crippen LogP contribution is -2.16. The number of aromatic nitrogens is 3. The molecule has 0 unspecified atom stereocenters. The molecule has 0 saturated carbocycles. The van der Waals surface area contributed by atoms with Crippen LogP contribution in [0, 0.1) is 13.8 Å². The van der Waals surface area contributed by atoms with E-state index in [1.807, 2.05) is 39.0 Å². The second-order valence-electron chi connectivity index (χ2n) is 5.94. The highest BCUT2D eigenvalue weighted by Crippen LogP contribution is 2.34. The molecule has 1 N–H and O–H groups in total. The third kappa shape index (κ3) is 4.27. The van der Waals surface area contributed by atoms with Crippen LogP contribution in [0.15, 0.2) is 37.0 Å². The van der Waals surface area contributed by atoms with Crippen molar-refractivity contribution in [2.75, 3.05) is 7.11 Å². The van der Waals surface area contributed by atoms with E-state index in [1.54, 1.807) is 7.11 Å². The zero-order valence-electron chi connectivity index (χ0n) is 15.6. The SMILES string of the molecule is CCc1c(C)nc(SCc2nc(-c3cc(Br)ccc3OC)oc2C)[nH]c1=O. The number of nitrogens with one attached hydrogen (secondary N) is 1. The maximum absolute atomic E-state index is 12.1. The van der Waals surface area contributed by atoms with Gasteiger partial charge in [-0.25, -0.2) is 9.97 Å². The fraction of sp³-hybridized carbons (Fsp3) is 0.316. The average molecular weight is 450 g/mol. The Morgan fingerprint density at radius 3 is 2.74 bits per heavy atom. The lowest BCUT2D eigenvalue weighted by Gasteiger charge is -2.05. The van der Waals surface area contributed by atoms with Crippen molar-refractivity contribution in [3.8, 4) is 17.2 Å². The molecule has 2 aromatic heterocycles. The van der Waals surface area contributed by atoms with Crippen molar-refractivity contribution in [3.63, 3.8) is 0 Å². The molecule has 0 fully saturated rings. The summed E-state index contributed by atoms with van der Waals surface area (Å²) in [5, 5.41) is 0.582. The fourth-order valence-electron chi connectivity index (χ4n) is 2.73. The van der Waals surface area contributed by atoms with Gasteiger partial charge in [0.25, 0.3) is 5.56 Å². The number of halogens is 1. The van der Waals surface area contributed by atoms with Crippen molar-refractivity contribution < 1.29 is 9.15 Å². The van der Waals surface area contributed by atoms with E-state index in [-0.39, 0.29) is 5.56 Å². The van der Waals surface area contributed by atoms with E-state index in [0.29, 0.717) is 29.0 Å². The Hall–Kier alpha value is -2.06. The summed E-state index contributed by atoms with van der Waals surface area (Å²) in [5.74, 6) is 2.46. The summed E-state index contributed by atoms with van der Waals surface area (Å²) in [6, 6.07) is 5.67. The standard InChI is InChI=1S/C19H20BrN3O3S/c1-5-13-10(2)21-19(23-17(13)24)27-9-15-11(3)26-18(22-15)14-8-12(20)6-7-16(14)25-4/h6-8H,5,9H2,1-4H3,(H,21,23,24). The van der Waals surface area contributed by atoms with Crippen LogP contribution in [0.5, 0.6) is 5.75 Å². The smallest absolute Gasteiger partial charge is 0.254 e. The van der Waals surface area contributed by atoms with Crippen LogP contribution in [0.1, 0.15) is 29.6 Å². The van der Waals surface area contributed by atoms with Gasteiger partial charge in [0, 0.05) is 21.5 Å². The maximum atomic E-state index is 12.1. The van der Waals surface area contributed by atoms with Gasteiger partial charge in [-0.1, -0.05) is 34.6 Å². The van der Waals surface area contributed by atoms with Gasteiger partial charge in [-0.3, -0.25) is 4.79 Å². The Balaban J connectivity index is 1.84. The number of rotatable bonds is 6. The summed E-state index contributed by atoms with van der Waals surface area (Å²) < 4.78 is 12.2. The van der Waals surface area contributed by atoms with E-state index in [4.69, 9.17) is 9.15 Å². The summed E-state index contributed by atoms with van der Waals surface area (Å²) in [6.07, 6.45) is 0.666. The van der Waals surface area contributed by atoms with Gasteiger partial charge < -0.3 is 14.1 Å². The van der Waals surface area contributed by atoms with Crippen LogP contribution in [0.2, 0.25) is 0 Å². The highest BCUT2D eigenvalue weighted by molar-refractivity contribution is 9.10. The lowest BCUT2D eigenvalue weighted by molar-refractivity contribution is 0.414. The molecule has 0 atom stereocenters. The number of hydrogen-bond donors (Lipinski definition) is 1. The number of oxazole rings is 1. The highest BCUT2D eigenvalue weighted by Gasteiger charge is 2.16. The van der Waals surface area contributed by atoms with Gasteiger partial charge in [0.05, 0.1) is 18.4 Å². The van der Waals surface area contributed by atoms with Crippen LogP contribution in [-0.2, 0) is 12.2 Å². The summed E-state index contributed by atoms with van der Waals surface area (Å²) in [7, 11) is 1.61. The van der Waals surface area contributed by atoms with Crippen molar-refractivity contribution in [2.45, 2.75) is 38.1 Å². The van der Waals surface area contributed by atoms with E-state index in [2.05, 4.69) is 30.9 Å². The molecule has 0 aliphatic carbocycles. The van der Waals surface area contributed by atoms with Gasteiger partial charge in [0.15, 0.2) is 5.16 Å². The van der Waals surface area contributed by atoms with Crippen molar-refractivity contribution in [2.24, 2.45) is 0 Å². The molecule has 0 spiro atoms. The van der Waals surface area contributed by atoms with E-state index in [0.717, 1.165) is 32.7 Å². The van der Waals surface area contributed by atoms with Gasteiger partial charge in [-0.15, -0.1) is 0 Å². The monoisotopic (exact) mass is 449 g/mol. The minimum Gasteiger partial charge on any atom is -0.496 e. The third-order valence-corrected chi connectivity index (χ3v) is 5.56. The Morgan fingerprint density at radius 1 is 1.30 bits per heavy atom. The maximum Gasteiger partial charge on any atom is 0.254 e. The Morgan fingerprint density at radius 2 is 2.07 bits per heavy atom. The topological polar surface area (TPSA) is 81.0 Å². The number of hydrogen-bond acceptors (Lipinski definition) is 6. The molecular formula is C19H20BrN3O3S. The third-order valence-electron chi connectivity index (χ3n) is 4.18. The van der Waals surface area contributed by atoms with Gasteiger partial charge in [0.2, 0.25) is 5.89 Å². The summed E-state index contributed by atoms with van der Waals surface area (Å²) in [5.41, 5.74) is 2.99. The van der Waals surface area contributed by atoms with Crippen molar-refractivity contribution in [3.05, 3.63) is 55.7 Å². The number of methoxy groups -OCH3 is 1. The normalized spacial score (nSPS) is 11.0. The van der Waals surface area contributed by atoms with Crippen LogP contribution in [0.3, 0.4) is 0 Å². The summed E-state index contributed by atoms with van der Waals surface area (Å²) in [4.78, 5) is 24.0. The quantitative estimate of drug-likeness (QED) is 0.434. The minimum atomic E-state index is -0.0797. The summed E-state index contributed by atoms with van der Waals surface area (Å²) >= 11 is 4.89. The Bertz CT molecular complexity index is 1030. The molecule has 0 radical (unpaired) electrons. The number of benzene rings is 1. The van der Waals surface area contributed by atoms with Crippen LogP contribution < -0.4 is 10.3 Å². The molecule has 8 heteroatoms. The van der Waals surface area contributed by atoms with Crippen LogP contribution in [0.25, 0.3) is 11.5 Å². The molecule has 3 rings (SSSR count). The zero-order valence-corrected chi connectivity index (χ0v) is 18.0. The number of aryl methyl sites for hydroxylation is 2. The van der Waals surface area contributed by atoms with Crippen molar-refractivity contribution in [1.82, 2.24) is 15.0 Å². The van der Waals surface area contributed by atoms with Gasteiger partial charge in [-0.2, -0.15) is 0 Å². The van der Waals surface area contributed by atoms with Gasteiger partial charge in [-0.05, 0) is 38.5 Å². The van der Waals surface area contributed by atoms with E-state index in [9.17, 15) is 4.79 Å². The second kappa shape index (κ2) is 8.31. The summed E-state index contributed by atoms with van der Waals surface area (Å²) in [6.45, 7) is 5.68. The average Bonchev–Trinajstić information content (AvgIpc) is 3.00. The van der Waals surface area contributed by atoms with E-state index in [1.165, 1.54) is 11.8 Å². The number of aromatic amines is 1. The first-order chi connectivity index (χ1) is 12.9. The van der Waals surface area contributed by atoms with Gasteiger partial charge in [0.1, 0.15) is 11.5 Å². The van der Waals surface area contributed by atoms with Crippen molar-refractivity contribution in [1.29, 1.82) is 0 Å². The minimum absolute atomic E-state index is 0.0797. The van der Waals surface area contributed by atoms with E-state index >= 15 is 0 Å². The number of nitrogens with zero attached hydrogens (tertiary/aromatic N) is 2. The van der Waals surface area contributed by atoms with E-state index < -0.39 is 0 Å². The molecule has 0 saturated heterocycles. The first-order valence-corrected chi connectivity index (χ1v) is 10.2. The molecular weight excluding hydrogens is 430 g/mol. The lowest BCUT2D eigenvalue weighted by atomic mass is 10.2. The predicted molar refractivity (Wildman–Crippen MR) is 109 cm³/mol. The molecule has 27 heavy (non-hydrogen) atoms. The molecule has 0 aliphatic heterocycles. The molecule has 3 aromatic rings. The molecule has 0 bridgehead atoms. The largest absolute Gasteiger partial charge is 0.496 e. The highest BCUT2D eigenvalue weighted by atomic mass is 79.9. The Kier molecular flexibility index (Phi) is 6.06. The molecule has 142 valence electrons. The first kappa shape index (κ1) is 19.7. The number of thioether (sulfide) groups is 1. The Labute approximate surface area is 169 Å². The van der Waals surface area contributed by atoms with Crippen LogP contribution >= 0.6 is 27.7 Å². The predicted octanol–water partition coefficient (Wildman–Crippen LogP) is 4.67. The first-order valence-electron chi connectivity index (χ1n) is 8.45. The molecule has 6 nitrogen and oxygen atoms in total. The van der Waals surface area contributed by atoms with Crippen LogP contribution in [-0.4, -0.2) is 22.1 Å². The molecule has 0 aliphatic rings. The fourth-order valence-corrected chi connectivity index (χ4v) is 4.00. The van der Waals surface area contributed by atoms with Crippen molar-refractivity contribution >= 4 is 27.7 Å². The molecule has 1 aromatic carbocycles. The number of ether oxygens (including phenoxy) is 1. The van der Waals surface area contributed by atoms with Crippen LogP contribution in [0.4, 0.5) is 0 Å². The molecule has 0 amide bonds. The number of H-pyrrole nitrogens is 1. The van der Waals surface area contributed by atoms with Gasteiger partial charge >= 0.3 is 0 Å². The molecule has 2 heterocycles.